The second kappa shape index (κ2) is 9.68. The highest BCUT2D eigenvalue weighted by molar-refractivity contribution is 6.09. The number of pyridine rings is 1. The van der Waals surface area contributed by atoms with Crippen LogP contribution in [0.15, 0.2) is 134 Å². The van der Waals surface area contributed by atoms with Crippen LogP contribution >= 0.6 is 0 Å². The fraction of sp³-hybridized carbons (Fsp3) is 0. The van der Waals surface area contributed by atoms with Gasteiger partial charge in [-0.3, -0.25) is 5.41 Å². The summed E-state index contributed by atoms with van der Waals surface area (Å²) in [7, 11) is 0. The van der Waals surface area contributed by atoms with E-state index >= 15 is 0 Å². The van der Waals surface area contributed by atoms with Crippen LogP contribution in [0.2, 0.25) is 0 Å². The van der Waals surface area contributed by atoms with Gasteiger partial charge < -0.3 is 10.6 Å². The molecule has 5 aromatic rings. The molecule has 3 N–H and O–H groups in total. The fourth-order valence-electron chi connectivity index (χ4n) is 4.97. The molecule has 1 aliphatic heterocycles. The van der Waals surface area contributed by atoms with Gasteiger partial charge in [-0.15, -0.1) is 0 Å². The molecule has 0 spiro atoms. The number of anilines is 2. The van der Waals surface area contributed by atoms with Crippen LogP contribution in [0, 0.1) is 5.41 Å². The Morgan fingerprint density at radius 2 is 1.39 bits per heavy atom. The Morgan fingerprint density at radius 1 is 0.737 bits per heavy atom. The first kappa shape index (κ1) is 23.2. The quantitative estimate of drug-likeness (QED) is 0.198. The van der Waals surface area contributed by atoms with E-state index in [0.29, 0.717) is 11.5 Å². The monoisotopic (exact) mass is 490 g/mol. The molecule has 0 saturated carbocycles. The Labute approximate surface area is 222 Å². The van der Waals surface area contributed by atoms with Gasteiger partial charge in [0.1, 0.15) is 17.3 Å². The summed E-state index contributed by atoms with van der Waals surface area (Å²) in [6.45, 7) is 4.50. The Kier molecular flexibility index (Phi) is 5.91. The highest BCUT2D eigenvalue weighted by atomic mass is 15.2. The van der Waals surface area contributed by atoms with E-state index in [2.05, 4.69) is 96.6 Å². The largest absolute Gasteiger partial charge is 0.382 e. The SMILES string of the molecule is C=C1/C=C\C(c2ccccc2)=C/N(c2cccc(C(=N)N)n2)c2cc(-c3ccccc3)c3ccccc3c21. The molecule has 0 aliphatic carbocycles. The summed E-state index contributed by atoms with van der Waals surface area (Å²) < 4.78 is 0. The summed E-state index contributed by atoms with van der Waals surface area (Å²) in [6.07, 6.45) is 6.29. The van der Waals surface area contributed by atoms with Crippen LogP contribution in [0.3, 0.4) is 0 Å². The molecule has 0 atom stereocenters. The van der Waals surface area contributed by atoms with Gasteiger partial charge in [0.15, 0.2) is 0 Å². The Bertz CT molecular complexity index is 1750. The Hall–Kier alpha value is -5.22. The van der Waals surface area contributed by atoms with Crippen molar-refractivity contribution in [3.63, 3.8) is 0 Å². The molecule has 0 unspecified atom stereocenters. The van der Waals surface area contributed by atoms with Gasteiger partial charge >= 0.3 is 0 Å². The first-order valence-corrected chi connectivity index (χ1v) is 12.5. The predicted molar refractivity (Wildman–Crippen MR) is 159 cm³/mol. The standard InChI is InChI=1S/C34H26N4/c1-23-19-20-26(24-11-4-2-5-12-24)22-38(32-18-10-17-30(37-32)34(35)36)31-21-29(25-13-6-3-7-14-25)27-15-8-9-16-28(27)33(23)31/h2-22H,1H2,(H3,35,36)/b20-19-,26-22+. The van der Waals surface area contributed by atoms with E-state index in [0.717, 1.165) is 49.9 Å². The van der Waals surface area contributed by atoms with Crippen molar-refractivity contribution >= 4 is 39.3 Å². The highest BCUT2D eigenvalue weighted by Gasteiger charge is 2.22. The first-order valence-electron chi connectivity index (χ1n) is 12.5. The number of hydrogen-bond acceptors (Lipinski definition) is 3. The zero-order chi connectivity index (χ0) is 26.1. The van der Waals surface area contributed by atoms with Crippen LogP contribution in [0.25, 0.3) is 33.0 Å². The maximum atomic E-state index is 7.99. The molecule has 4 heteroatoms. The van der Waals surface area contributed by atoms with Gasteiger partial charge in [0.25, 0.3) is 0 Å². The van der Waals surface area contributed by atoms with E-state index in [1.54, 1.807) is 6.07 Å². The van der Waals surface area contributed by atoms with Crippen molar-refractivity contribution in [3.8, 4) is 11.1 Å². The highest BCUT2D eigenvalue weighted by Crippen LogP contribution is 2.44. The van der Waals surface area contributed by atoms with Gasteiger partial charge in [-0.2, -0.15) is 0 Å². The van der Waals surface area contributed by atoms with E-state index in [9.17, 15) is 0 Å². The van der Waals surface area contributed by atoms with Crippen LogP contribution in [-0.4, -0.2) is 10.8 Å². The van der Waals surface area contributed by atoms with E-state index in [4.69, 9.17) is 16.1 Å². The van der Waals surface area contributed by atoms with E-state index < -0.39 is 0 Å². The summed E-state index contributed by atoms with van der Waals surface area (Å²) in [5.74, 6) is 0.601. The summed E-state index contributed by atoms with van der Waals surface area (Å²) >= 11 is 0. The molecular formula is C34H26N4. The molecule has 4 aromatic carbocycles. The summed E-state index contributed by atoms with van der Waals surface area (Å²) in [5, 5.41) is 10.3. The molecule has 38 heavy (non-hydrogen) atoms. The predicted octanol–water partition coefficient (Wildman–Crippen LogP) is 7.95. The van der Waals surface area contributed by atoms with Crippen molar-refractivity contribution in [3.05, 3.63) is 151 Å². The van der Waals surface area contributed by atoms with Gasteiger partial charge in [-0.1, -0.05) is 110 Å². The van der Waals surface area contributed by atoms with E-state index in [1.807, 2.05) is 36.4 Å². The molecule has 1 aromatic heterocycles. The van der Waals surface area contributed by atoms with Crippen LogP contribution in [0.1, 0.15) is 16.8 Å². The summed E-state index contributed by atoms with van der Waals surface area (Å²) in [6, 6.07) is 37.0. The van der Waals surface area contributed by atoms with Crippen molar-refractivity contribution in [1.29, 1.82) is 5.41 Å². The minimum atomic E-state index is -0.0702. The lowest BCUT2D eigenvalue weighted by atomic mass is 9.89. The maximum Gasteiger partial charge on any atom is 0.141 e. The minimum Gasteiger partial charge on any atom is -0.382 e. The molecule has 0 bridgehead atoms. The third-order valence-corrected chi connectivity index (χ3v) is 6.79. The summed E-state index contributed by atoms with van der Waals surface area (Å²) in [4.78, 5) is 6.88. The fourth-order valence-corrected chi connectivity index (χ4v) is 4.97. The average molecular weight is 491 g/mol. The van der Waals surface area contributed by atoms with Crippen molar-refractivity contribution in [2.24, 2.45) is 5.73 Å². The van der Waals surface area contributed by atoms with Crippen molar-refractivity contribution in [2.75, 3.05) is 4.90 Å². The zero-order valence-electron chi connectivity index (χ0n) is 20.8. The van der Waals surface area contributed by atoms with Gasteiger partial charge in [-0.25, -0.2) is 4.98 Å². The zero-order valence-corrected chi connectivity index (χ0v) is 20.8. The van der Waals surface area contributed by atoms with Gasteiger partial charge in [-0.05, 0) is 56.8 Å². The minimum absolute atomic E-state index is 0.0702. The third-order valence-electron chi connectivity index (χ3n) is 6.79. The van der Waals surface area contributed by atoms with Crippen molar-refractivity contribution in [2.45, 2.75) is 0 Å². The maximum absolute atomic E-state index is 7.99. The number of benzene rings is 4. The molecule has 4 nitrogen and oxygen atoms in total. The second-order valence-electron chi connectivity index (χ2n) is 9.20. The van der Waals surface area contributed by atoms with Gasteiger partial charge in [0.2, 0.25) is 0 Å². The average Bonchev–Trinajstić information content (AvgIpc) is 2.96. The second-order valence-corrected chi connectivity index (χ2v) is 9.20. The van der Waals surface area contributed by atoms with Crippen LogP contribution < -0.4 is 10.6 Å². The van der Waals surface area contributed by atoms with Gasteiger partial charge in [0, 0.05) is 11.8 Å². The number of fused-ring (bicyclic) bond motifs is 3. The molecule has 0 amide bonds. The van der Waals surface area contributed by atoms with Crippen LogP contribution in [-0.2, 0) is 0 Å². The molecule has 0 radical (unpaired) electrons. The Morgan fingerprint density at radius 3 is 2.11 bits per heavy atom. The lowest BCUT2D eigenvalue weighted by molar-refractivity contribution is 1.15. The molecule has 6 rings (SSSR count). The van der Waals surface area contributed by atoms with E-state index in [-0.39, 0.29) is 5.84 Å². The smallest absolute Gasteiger partial charge is 0.141 e. The van der Waals surface area contributed by atoms with Crippen LogP contribution in [0.5, 0.6) is 0 Å². The number of rotatable bonds is 4. The summed E-state index contributed by atoms with van der Waals surface area (Å²) in [5.41, 5.74) is 13.5. The number of nitrogen functional groups attached to an aromatic ring is 1. The Balaban J connectivity index is 1.71. The molecular weight excluding hydrogens is 464 g/mol. The number of aromatic nitrogens is 1. The third kappa shape index (κ3) is 4.18. The van der Waals surface area contributed by atoms with Crippen molar-refractivity contribution < 1.29 is 0 Å². The number of amidine groups is 1. The number of nitrogens with one attached hydrogen (secondary N) is 1. The lowest BCUT2D eigenvalue weighted by Gasteiger charge is -2.28. The molecule has 0 fully saturated rings. The molecule has 2 heterocycles. The number of hydrogen-bond donors (Lipinski definition) is 2. The first-order chi connectivity index (χ1) is 18.6. The normalized spacial score (nSPS) is 15.2. The van der Waals surface area contributed by atoms with Crippen LogP contribution in [0.4, 0.5) is 11.5 Å². The lowest BCUT2D eigenvalue weighted by Crippen LogP contribution is -2.18. The number of nitrogens with zero attached hydrogens (tertiary/aromatic N) is 2. The van der Waals surface area contributed by atoms with Crippen molar-refractivity contribution in [1.82, 2.24) is 4.98 Å². The van der Waals surface area contributed by atoms with Gasteiger partial charge in [0.05, 0.1) is 5.69 Å². The molecule has 1 aliphatic rings. The molecule has 182 valence electrons. The topological polar surface area (TPSA) is 66.0 Å². The number of nitrogens with two attached hydrogens (primary N) is 1. The number of allylic oxidation sites excluding steroid dienone is 4. The van der Waals surface area contributed by atoms with E-state index in [1.165, 1.54) is 0 Å². The molecule has 0 saturated heterocycles.